The van der Waals surface area contributed by atoms with E-state index in [-0.39, 0.29) is 12.4 Å². The molecular weight excluding hydrogens is 286 g/mol. The summed E-state index contributed by atoms with van der Waals surface area (Å²) in [5.74, 6) is 0.160. The minimum atomic E-state index is 0.139. The van der Waals surface area contributed by atoms with Crippen molar-refractivity contribution in [3.63, 3.8) is 0 Å². The molecule has 1 aromatic heterocycles. The lowest BCUT2D eigenvalue weighted by Crippen LogP contribution is -1.96. The highest BCUT2D eigenvalue weighted by molar-refractivity contribution is 6.01. The van der Waals surface area contributed by atoms with Crippen LogP contribution in [0.2, 0.25) is 0 Å². The summed E-state index contributed by atoms with van der Waals surface area (Å²) in [6.45, 7) is 2.02. The lowest BCUT2D eigenvalue weighted by atomic mass is 9.99. The van der Waals surface area contributed by atoms with Crippen molar-refractivity contribution in [2.75, 3.05) is 6.61 Å². The fraction of sp³-hybridized carbons (Fsp3) is 0.250. The molecule has 3 rings (SSSR count). The molecule has 118 valence electrons. The van der Waals surface area contributed by atoms with Crippen LogP contribution in [0, 0.1) is 0 Å². The number of nitrogens with zero attached hydrogens (tertiary/aromatic N) is 1. The third kappa shape index (κ3) is 2.80. The van der Waals surface area contributed by atoms with Gasteiger partial charge in [0.25, 0.3) is 0 Å². The van der Waals surface area contributed by atoms with Crippen LogP contribution in [0.15, 0.2) is 48.7 Å². The number of aliphatic hydroxyl groups is 1. The molecule has 3 nitrogen and oxygen atoms in total. The van der Waals surface area contributed by atoms with E-state index in [1.54, 1.807) is 0 Å². The first-order valence-electron chi connectivity index (χ1n) is 7.97. The summed E-state index contributed by atoms with van der Waals surface area (Å²) in [4.78, 5) is 12.0. The van der Waals surface area contributed by atoms with Gasteiger partial charge < -0.3 is 9.67 Å². The molecule has 0 bridgehead atoms. The standard InChI is InChI=1S/C20H21NO2/c1-3-19(23)16-8-4-7-15(12-16)18-13-21(2)20-14(10-11-22)6-5-9-17(18)20/h4-9,12-13,22H,3,10-11H2,1-2H3. The molecule has 3 aromatic rings. The van der Waals surface area contributed by atoms with E-state index in [1.807, 2.05) is 44.3 Å². The van der Waals surface area contributed by atoms with E-state index in [0.29, 0.717) is 12.8 Å². The van der Waals surface area contributed by atoms with Crippen LogP contribution in [0.1, 0.15) is 29.3 Å². The number of aliphatic hydroxyl groups excluding tert-OH is 1. The number of benzene rings is 2. The summed E-state index contributed by atoms with van der Waals surface area (Å²) in [5, 5.41) is 10.4. The Morgan fingerprint density at radius 3 is 2.70 bits per heavy atom. The zero-order valence-corrected chi connectivity index (χ0v) is 13.5. The number of aryl methyl sites for hydroxylation is 1. The molecule has 0 aliphatic carbocycles. The van der Waals surface area contributed by atoms with E-state index in [1.165, 1.54) is 0 Å². The number of hydrogen-bond acceptors (Lipinski definition) is 2. The average molecular weight is 307 g/mol. The summed E-state index contributed by atoms with van der Waals surface area (Å²) in [7, 11) is 2.02. The number of rotatable bonds is 5. The van der Waals surface area contributed by atoms with Gasteiger partial charge in [-0.15, -0.1) is 0 Å². The quantitative estimate of drug-likeness (QED) is 0.725. The van der Waals surface area contributed by atoms with Crippen LogP contribution in [-0.2, 0) is 13.5 Å². The van der Waals surface area contributed by atoms with Crippen molar-refractivity contribution in [3.8, 4) is 11.1 Å². The van der Waals surface area contributed by atoms with Gasteiger partial charge in [-0.1, -0.05) is 43.3 Å². The minimum absolute atomic E-state index is 0.139. The second-order valence-electron chi connectivity index (χ2n) is 5.80. The molecular formula is C20H21NO2. The smallest absolute Gasteiger partial charge is 0.162 e. The molecule has 0 unspecified atom stereocenters. The molecule has 0 spiro atoms. The third-order valence-corrected chi connectivity index (χ3v) is 4.28. The molecule has 1 N–H and O–H groups in total. The van der Waals surface area contributed by atoms with Gasteiger partial charge in [-0.05, 0) is 23.6 Å². The van der Waals surface area contributed by atoms with Crippen LogP contribution < -0.4 is 0 Å². The van der Waals surface area contributed by atoms with Crippen molar-refractivity contribution in [3.05, 3.63) is 59.8 Å². The van der Waals surface area contributed by atoms with Crippen LogP contribution >= 0.6 is 0 Å². The van der Waals surface area contributed by atoms with Crippen LogP contribution in [-0.4, -0.2) is 22.1 Å². The highest BCUT2D eigenvalue weighted by Crippen LogP contribution is 2.32. The van der Waals surface area contributed by atoms with E-state index < -0.39 is 0 Å². The molecule has 0 radical (unpaired) electrons. The highest BCUT2D eigenvalue weighted by atomic mass is 16.3. The average Bonchev–Trinajstić information content (AvgIpc) is 2.92. The maximum Gasteiger partial charge on any atom is 0.162 e. The first-order valence-corrected chi connectivity index (χ1v) is 7.97. The Morgan fingerprint density at radius 2 is 1.96 bits per heavy atom. The molecule has 0 amide bonds. The van der Waals surface area contributed by atoms with Gasteiger partial charge in [0, 0.05) is 42.8 Å². The van der Waals surface area contributed by atoms with Crippen molar-refractivity contribution in [2.45, 2.75) is 19.8 Å². The van der Waals surface area contributed by atoms with Crippen LogP contribution in [0.4, 0.5) is 0 Å². The van der Waals surface area contributed by atoms with Crippen LogP contribution in [0.5, 0.6) is 0 Å². The predicted molar refractivity (Wildman–Crippen MR) is 93.8 cm³/mol. The zero-order chi connectivity index (χ0) is 16.4. The van der Waals surface area contributed by atoms with Crippen molar-refractivity contribution in [2.24, 2.45) is 7.05 Å². The molecule has 2 aromatic carbocycles. The Labute approximate surface area is 136 Å². The molecule has 0 aliphatic heterocycles. The number of para-hydroxylation sites is 1. The number of carbonyl (C=O) groups excluding carboxylic acids is 1. The summed E-state index contributed by atoms with van der Waals surface area (Å²) in [5.41, 5.74) is 5.21. The van der Waals surface area contributed by atoms with Gasteiger partial charge in [-0.3, -0.25) is 4.79 Å². The first-order chi connectivity index (χ1) is 11.2. The summed E-state index contributed by atoms with van der Waals surface area (Å²) in [6, 6.07) is 14.0. The molecule has 0 atom stereocenters. The van der Waals surface area contributed by atoms with Gasteiger partial charge in [0.05, 0.1) is 5.52 Å². The van der Waals surface area contributed by atoms with E-state index in [0.717, 1.165) is 33.2 Å². The van der Waals surface area contributed by atoms with Gasteiger partial charge in [-0.2, -0.15) is 0 Å². The number of Topliss-reactive ketones (excluding diaryl/α,β-unsaturated/α-hetero) is 1. The normalized spacial score (nSPS) is 11.1. The number of fused-ring (bicyclic) bond motifs is 1. The molecule has 0 saturated heterocycles. The van der Waals surface area contributed by atoms with Crippen molar-refractivity contribution in [1.29, 1.82) is 0 Å². The maximum absolute atomic E-state index is 12.0. The molecule has 0 fully saturated rings. The van der Waals surface area contributed by atoms with Crippen LogP contribution in [0.3, 0.4) is 0 Å². The van der Waals surface area contributed by atoms with Crippen LogP contribution in [0.25, 0.3) is 22.0 Å². The molecule has 1 heterocycles. The molecule has 0 aliphatic rings. The summed E-state index contributed by atoms with van der Waals surface area (Å²) >= 11 is 0. The highest BCUT2D eigenvalue weighted by Gasteiger charge is 2.13. The van der Waals surface area contributed by atoms with E-state index in [2.05, 4.69) is 22.9 Å². The Balaban J connectivity index is 2.18. The number of hydrogen-bond donors (Lipinski definition) is 1. The molecule has 3 heteroatoms. The van der Waals surface area contributed by atoms with E-state index in [9.17, 15) is 9.90 Å². The lowest BCUT2D eigenvalue weighted by molar-refractivity contribution is 0.0988. The first kappa shape index (κ1) is 15.5. The largest absolute Gasteiger partial charge is 0.396 e. The van der Waals surface area contributed by atoms with Gasteiger partial charge in [0.2, 0.25) is 0 Å². The Morgan fingerprint density at radius 1 is 1.17 bits per heavy atom. The van der Waals surface area contributed by atoms with Crippen molar-refractivity contribution in [1.82, 2.24) is 4.57 Å². The van der Waals surface area contributed by atoms with Gasteiger partial charge >= 0.3 is 0 Å². The monoisotopic (exact) mass is 307 g/mol. The Hall–Kier alpha value is -2.39. The van der Waals surface area contributed by atoms with E-state index in [4.69, 9.17) is 0 Å². The molecule has 0 saturated carbocycles. The summed E-state index contributed by atoms with van der Waals surface area (Å²) < 4.78 is 2.10. The Kier molecular flexibility index (Phi) is 4.30. The topological polar surface area (TPSA) is 42.2 Å². The van der Waals surface area contributed by atoms with Gasteiger partial charge in [0.1, 0.15) is 0 Å². The summed E-state index contributed by atoms with van der Waals surface area (Å²) in [6.07, 6.45) is 3.25. The SMILES string of the molecule is CCC(=O)c1cccc(-c2cn(C)c3c(CCO)cccc23)c1. The second kappa shape index (κ2) is 6.39. The fourth-order valence-electron chi connectivity index (χ4n) is 3.17. The molecule has 23 heavy (non-hydrogen) atoms. The van der Waals surface area contributed by atoms with E-state index >= 15 is 0 Å². The number of ketones is 1. The third-order valence-electron chi connectivity index (χ3n) is 4.28. The Bertz CT molecular complexity index is 861. The minimum Gasteiger partial charge on any atom is -0.396 e. The number of carbonyl (C=O) groups is 1. The van der Waals surface area contributed by atoms with Crippen molar-refractivity contribution < 1.29 is 9.90 Å². The zero-order valence-electron chi connectivity index (χ0n) is 13.5. The second-order valence-corrected chi connectivity index (χ2v) is 5.80. The van der Waals surface area contributed by atoms with Gasteiger partial charge in [0.15, 0.2) is 5.78 Å². The van der Waals surface area contributed by atoms with Crippen molar-refractivity contribution >= 4 is 16.7 Å². The fourth-order valence-corrected chi connectivity index (χ4v) is 3.17. The lowest BCUT2D eigenvalue weighted by Gasteiger charge is -2.05. The van der Waals surface area contributed by atoms with Gasteiger partial charge in [-0.25, -0.2) is 0 Å². The maximum atomic E-state index is 12.0. The number of aromatic nitrogens is 1. The predicted octanol–water partition coefficient (Wildman–Crippen LogP) is 3.97.